The summed E-state index contributed by atoms with van der Waals surface area (Å²) >= 11 is 1.31. The number of aryl methyl sites for hydroxylation is 2. The Balaban J connectivity index is 1.62. The van der Waals surface area contributed by atoms with Crippen molar-refractivity contribution in [2.24, 2.45) is 0 Å². The maximum absolute atomic E-state index is 13.0. The highest BCUT2D eigenvalue weighted by Crippen LogP contribution is 2.36. The topological polar surface area (TPSA) is 64.4 Å². The third kappa shape index (κ3) is 3.77. The van der Waals surface area contributed by atoms with Gasteiger partial charge in [-0.05, 0) is 63.8 Å². The van der Waals surface area contributed by atoms with Crippen LogP contribution in [0.4, 0.5) is 0 Å². The van der Waals surface area contributed by atoms with Crippen LogP contribution in [-0.4, -0.2) is 39.5 Å². The number of likely N-dealkylation sites (N-methyl/N-ethyl adjacent to an activating group) is 1. The monoisotopic (exact) mass is 423 g/mol. The molecule has 1 aliphatic carbocycles. The Hall–Kier alpha value is -2.93. The number of rotatable bonds is 6. The van der Waals surface area contributed by atoms with Gasteiger partial charge in [-0.15, -0.1) is 11.3 Å². The summed E-state index contributed by atoms with van der Waals surface area (Å²) in [6, 6.07) is 5.83. The number of fused-ring (bicyclic) bond motifs is 1. The Morgan fingerprint density at radius 3 is 2.70 bits per heavy atom. The molecular weight excluding hydrogens is 398 g/mol. The molecule has 4 rings (SSSR count). The predicted molar refractivity (Wildman–Crippen MR) is 118 cm³/mol. The van der Waals surface area contributed by atoms with E-state index in [1.807, 2.05) is 55.9 Å². The van der Waals surface area contributed by atoms with Gasteiger partial charge in [0.15, 0.2) is 6.61 Å². The number of amides is 1. The van der Waals surface area contributed by atoms with Gasteiger partial charge in [-0.1, -0.05) is 6.08 Å². The highest BCUT2D eigenvalue weighted by atomic mass is 32.1. The van der Waals surface area contributed by atoms with Gasteiger partial charge in [0.1, 0.15) is 9.71 Å². The summed E-state index contributed by atoms with van der Waals surface area (Å²) in [7, 11) is 0. The summed E-state index contributed by atoms with van der Waals surface area (Å²) in [6.45, 7) is 6.20. The van der Waals surface area contributed by atoms with Gasteiger partial charge in [0, 0.05) is 35.7 Å². The van der Waals surface area contributed by atoms with Gasteiger partial charge in [-0.3, -0.25) is 4.79 Å². The molecule has 0 aliphatic heterocycles. The first kappa shape index (κ1) is 20.3. The van der Waals surface area contributed by atoms with Crippen molar-refractivity contribution in [1.29, 1.82) is 0 Å². The molecule has 6 nitrogen and oxygen atoms in total. The summed E-state index contributed by atoms with van der Waals surface area (Å²) in [4.78, 5) is 33.3. The minimum absolute atomic E-state index is 0.187. The molecule has 3 heterocycles. The molecule has 0 radical (unpaired) electrons. The van der Waals surface area contributed by atoms with Crippen LogP contribution >= 0.6 is 11.3 Å². The Morgan fingerprint density at radius 1 is 1.27 bits per heavy atom. The van der Waals surface area contributed by atoms with Gasteiger partial charge in [0.25, 0.3) is 5.91 Å². The Bertz CT molecular complexity index is 1130. The van der Waals surface area contributed by atoms with E-state index in [9.17, 15) is 9.59 Å². The van der Waals surface area contributed by atoms with Crippen molar-refractivity contribution in [2.75, 3.05) is 13.2 Å². The second-order valence-corrected chi connectivity index (χ2v) is 8.43. The largest absolute Gasteiger partial charge is 0.451 e. The molecule has 1 amide bonds. The van der Waals surface area contributed by atoms with E-state index in [0.717, 1.165) is 52.1 Å². The first-order chi connectivity index (χ1) is 14.5. The van der Waals surface area contributed by atoms with E-state index in [1.165, 1.54) is 11.3 Å². The molecule has 0 saturated heterocycles. The summed E-state index contributed by atoms with van der Waals surface area (Å²) < 4.78 is 7.39. The van der Waals surface area contributed by atoms with E-state index in [2.05, 4.69) is 11.1 Å². The van der Waals surface area contributed by atoms with Crippen LogP contribution in [0.2, 0.25) is 0 Å². The number of allylic oxidation sites excluding steroid dienone is 2. The van der Waals surface area contributed by atoms with Crippen LogP contribution in [0.5, 0.6) is 0 Å². The summed E-state index contributed by atoms with van der Waals surface area (Å²) in [5.74, 6) is -0.684. The van der Waals surface area contributed by atoms with Crippen LogP contribution in [0.3, 0.4) is 0 Å². The SMILES string of the molecule is CCN(C(=O)COC(=O)c1sc2nc(C)cc(C)c2c1-n1cccc1)C1=CCCC1. The maximum Gasteiger partial charge on any atom is 0.351 e. The Kier molecular flexibility index (Phi) is 5.72. The highest BCUT2D eigenvalue weighted by Gasteiger charge is 2.25. The van der Waals surface area contributed by atoms with E-state index in [-0.39, 0.29) is 12.5 Å². The number of esters is 1. The minimum atomic E-state index is -0.497. The lowest BCUT2D eigenvalue weighted by molar-refractivity contribution is -0.132. The highest BCUT2D eigenvalue weighted by molar-refractivity contribution is 7.21. The van der Waals surface area contributed by atoms with Crippen LogP contribution in [0, 0.1) is 13.8 Å². The summed E-state index contributed by atoms with van der Waals surface area (Å²) in [5.41, 5.74) is 3.74. The number of pyridine rings is 1. The number of carbonyl (C=O) groups excluding carboxylic acids is 2. The molecule has 30 heavy (non-hydrogen) atoms. The van der Waals surface area contributed by atoms with Gasteiger partial charge in [0.2, 0.25) is 0 Å². The van der Waals surface area contributed by atoms with Crippen molar-refractivity contribution in [2.45, 2.75) is 40.0 Å². The number of hydrogen-bond donors (Lipinski definition) is 0. The number of carbonyl (C=O) groups is 2. The van der Waals surface area contributed by atoms with Crippen LogP contribution in [-0.2, 0) is 9.53 Å². The van der Waals surface area contributed by atoms with Crippen LogP contribution in [0.25, 0.3) is 15.9 Å². The first-order valence-electron chi connectivity index (χ1n) is 10.2. The average molecular weight is 424 g/mol. The lowest BCUT2D eigenvalue weighted by Gasteiger charge is -2.22. The van der Waals surface area contributed by atoms with Crippen LogP contribution in [0.1, 0.15) is 47.1 Å². The molecule has 0 spiro atoms. The second-order valence-electron chi connectivity index (χ2n) is 7.43. The summed E-state index contributed by atoms with van der Waals surface area (Å²) in [5, 5.41) is 0.936. The molecule has 0 aromatic carbocycles. The third-order valence-corrected chi connectivity index (χ3v) is 6.37. The fourth-order valence-electron chi connectivity index (χ4n) is 4.00. The molecule has 0 fully saturated rings. The van der Waals surface area contributed by atoms with Crippen LogP contribution < -0.4 is 0 Å². The number of hydrogen-bond acceptors (Lipinski definition) is 5. The van der Waals surface area contributed by atoms with Crippen LogP contribution in [0.15, 0.2) is 42.4 Å². The average Bonchev–Trinajstić information content (AvgIpc) is 3.46. The van der Waals surface area contributed by atoms with Gasteiger partial charge in [0.05, 0.1) is 5.69 Å². The standard InChI is InChI=1S/C23H25N3O3S/c1-4-26(17-9-5-6-10-17)18(27)14-29-23(28)21-20(25-11-7-8-12-25)19-15(2)13-16(3)24-22(19)30-21/h7-9,11-13H,4-6,10,14H2,1-3H3. The second kappa shape index (κ2) is 8.44. The molecule has 156 valence electrons. The molecule has 1 aliphatic rings. The molecule has 0 N–H and O–H groups in total. The Labute approximate surface area is 179 Å². The molecule has 0 bridgehead atoms. The van der Waals surface area contributed by atoms with Gasteiger partial charge in [-0.25, -0.2) is 9.78 Å². The van der Waals surface area contributed by atoms with E-state index in [0.29, 0.717) is 11.4 Å². The van der Waals surface area contributed by atoms with Gasteiger partial charge < -0.3 is 14.2 Å². The number of ether oxygens (including phenoxy) is 1. The van der Waals surface area contributed by atoms with E-state index >= 15 is 0 Å². The molecule has 3 aromatic heterocycles. The molecule has 0 unspecified atom stereocenters. The third-order valence-electron chi connectivity index (χ3n) is 5.32. The van der Waals surface area contributed by atoms with Crippen molar-refractivity contribution in [3.05, 3.63) is 58.5 Å². The first-order valence-corrected chi connectivity index (χ1v) is 11.0. The zero-order valence-electron chi connectivity index (χ0n) is 17.5. The fraction of sp³-hybridized carbons (Fsp3) is 0.348. The molecule has 7 heteroatoms. The molecular formula is C23H25N3O3S. The lowest BCUT2D eigenvalue weighted by Crippen LogP contribution is -2.33. The van der Waals surface area contributed by atoms with Crippen molar-refractivity contribution < 1.29 is 14.3 Å². The maximum atomic E-state index is 13.0. The van der Waals surface area contributed by atoms with Gasteiger partial charge in [-0.2, -0.15) is 0 Å². The molecule has 0 atom stereocenters. The van der Waals surface area contributed by atoms with Gasteiger partial charge >= 0.3 is 5.97 Å². The molecule has 3 aromatic rings. The molecule has 0 saturated carbocycles. The van der Waals surface area contributed by atoms with Crippen molar-refractivity contribution in [1.82, 2.24) is 14.5 Å². The quantitative estimate of drug-likeness (QED) is 0.536. The predicted octanol–water partition coefficient (Wildman–Crippen LogP) is 4.78. The van der Waals surface area contributed by atoms with Crippen molar-refractivity contribution in [3.63, 3.8) is 0 Å². The van der Waals surface area contributed by atoms with E-state index in [4.69, 9.17) is 4.74 Å². The Morgan fingerprint density at radius 2 is 2.03 bits per heavy atom. The van der Waals surface area contributed by atoms with E-state index < -0.39 is 5.97 Å². The normalized spacial score (nSPS) is 13.5. The van der Waals surface area contributed by atoms with Crippen molar-refractivity contribution >= 4 is 33.4 Å². The number of nitrogens with zero attached hydrogens (tertiary/aromatic N) is 3. The smallest absolute Gasteiger partial charge is 0.351 e. The van der Waals surface area contributed by atoms with E-state index in [1.54, 1.807) is 4.90 Å². The fourth-order valence-corrected chi connectivity index (χ4v) is 5.19. The minimum Gasteiger partial charge on any atom is -0.451 e. The zero-order chi connectivity index (χ0) is 21.3. The lowest BCUT2D eigenvalue weighted by atomic mass is 10.1. The number of aromatic nitrogens is 2. The zero-order valence-corrected chi connectivity index (χ0v) is 18.3. The van der Waals surface area contributed by atoms with Crippen molar-refractivity contribution in [3.8, 4) is 5.69 Å². The number of thiophene rings is 1. The summed E-state index contributed by atoms with van der Waals surface area (Å²) in [6.07, 6.45) is 8.84.